The minimum absolute atomic E-state index is 0.252. The van der Waals surface area contributed by atoms with Crippen molar-refractivity contribution in [1.29, 1.82) is 5.26 Å². The van der Waals surface area contributed by atoms with Crippen LogP contribution in [0.5, 0.6) is 5.75 Å². The molecule has 0 saturated carbocycles. The molecule has 0 aliphatic carbocycles. The van der Waals surface area contributed by atoms with E-state index in [0.29, 0.717) is 6.07 Å². The van der Waals surface area contributed by atoms with Crippen LogP contribution >= 0.6 is 0 Å². The van der Waals surface area contributed by atoms with Gasteiger partial charge in [0.2, 0.25) is 0 Å². The van der Waals surface area contributed by atoms with Crippen LogP contribution in [0.15, 0.2) is 12.1 Å². The Morgan fingerprint density at radius 2 is 2.21 bits per heavy atom. The molecule has 3 nitrogen and oxygen atoms in total. The molecular formula is C9H5F2NO2. The van der Waals surface area contributed by atoms with Crippen molar-refractivity contribution < 1.29 is 18.3 Å². The van der Waals surface area contributed by atoms with Crippen molar-refractivity contribution in [3.8, 4) is 11.8 Å². The Hall–Kier alpha value is -1.96. The van der Waals surface area contributed by atoms with Crippen molar-refractivity contribution in [2.24, 2.45) is 0 Å². The third kappa shape index (κ3) is 2.04. The predicted octanol–water partition coefficient (Wildman–Crippen LogP) is 1.68. The van der Waals surface area contributed by atoms with Gasteiger partial charge in [0.25, 0.3) is 0 Å². The predicted molar refractivity (Wildman–Crippen MR) is 42.9 cm³/mol. The molecule has 0 spiro atoms. The molecule has 0 aliphatic heterocycles. The summed E-state index contributed by atoms with van der Waals surface area (Å²) < 4.78 is 30.2. The van der Waals surface area contributed by atoms with Crippen LogP contribution in [0.4, 0.5) is 8.78 Å². The molecule has 0 radical (unpaired) electrons. The first-order valence-electron chi connectivity index (χ1n) is 3.63. The maximum atomic E-state index is 13.0. The van der Waals surface area contributed by atoms with Gasteiger partial charge in [0, 0.05) is 6.07 Å². The molecule has 0 fully saturated rings. The number of carbonyl (C=O) groups excluding carboxylic acids is 1. The molecule has 1 rings (SSSR count). The van der Waals surface area contributed by atoms with Crippen LogP contribution < -0.4 is 4.74 Å². The topological polar surface area (TPSA) is 50.1 Å². The van der Waals surface area contributed by atoms with Crippen molar-refractivity contribution in [1.82, 2.24) is 0 Å². The second-order valence-corrected chi connectivity index (χ2v) is 2.37. The average molecular weight is 197 g/mol. The first kappa shape index (κ1) is 10.1. The molecule has 0 heterocycles. The van der Waals surface area contributed by atoms with Gasteiger partial charge in [0.15, 0.2) is 24.5 Å². The molecule has 0 bridgehead atoms. The quantitative estimate of drug-likeness (QED) is 0.692. The number of aldehydes is 1. The summed E-state index contributed by atoms with van der Waals surface area (Å²) in [5.74, 6) is -2.26. The maximum absolute atomic E-state index is 13.0. The van der Waals surface area contributed by atoms with E-state index < -0.39 is 24.0 Å². The largest absolute Gasteiger partial charge is 0.475 e. The normalized spacial score (nSPS) is 9.21. The molecule has 0 saturated heterocycles. The molecule has 0 atom stereocenters. The third-order valence-electron chi connectivity index (χ3n) is 1.45. The Balaban J connectivity index is 3.13. The summed E-state index contributed by atoms with van der Waals surface area (Å²) in [6.45, 7) is -0.399. The fourth-order valence-electron chi connectivity index (χ4n) is 0.925. The van der Waals surface area contributed by atoms with Gasteiger partial charge in [-0.3, -0.25) is 4.79 Å². The molecule has 0 amide bonds. The van der Waals surface area contributed by atoms with Gasteiger partial charge in [-0.05, 0) is 6.07 Å². The number of hydrogen-bond acceptors (Lipinski definition) is 3. The van der Waals surface area contributed by atoms with Crippen molar-refractivity contribution in [3.63, 3.8) is 0 Å². The van der Waals surface area contributed by atoms with Gasteiger partial charge in [-0.25, -0.2) is 8.78 Å². The molecule has 0 aromatic heterocycles. The summed E-state index contributed by atoms with van der Waals surface area (Å²) >= 11 is 0. The van der Waals surface area contributed by atoms with Gasteiger partial charge in [0.1, 0.15) is 11.9 Å². The lowest BCUT2D eigenvalue weighted by atomic mass is 10.2. The van der Waals surface area contributed by atoms with E-state index in [-0.39, 0.29) is 11.8 Å². The lowest BCUT2D eigenvalue weighted by molar-refractivity contribution is 0.111. The Morgan fingerprint density at radius 1 is 1.50 bits per heavy atom. The van der Waals surface area contributed by atoms with E-state index >= 15 is 0 Å². The first-order valence-corrected chi connectivity index (χ1v) is 3.63. The highest BCUT2D eigenvalue weighted by Crippen LogP contribution is 2.22. The fourth-order valence-corrected chi connectivity index (χ4v) is 0.925. The van der Waals surface area contributed by atoms with Gasteiger partial charge in [0.05, 0.1) is 5.56 Å². The fraction of sp³-hybridized carbons (Fsp3) is 0.111. The lowest BCUT2D eigenvalue weighted by Gasteiger charge is -2.05. The van der Waals surface area contributed by atoms with E-state index in [1.165, 1.54) is 0 Å². The van der Waals surface area contributed by atoms with Crippen LogP contribution in [0.3, 0.4) is 0 Å². The molecule has 1 aromatic carbocycles. The van der Waals surface area contributed by atoms with Crippen LogP contribution in [-0.4, -0.2) is 12.9 Å². The van der Waals surface area contributed by atoms with E-state index in [2.05, 4.69) is 4.74 Å². The van der Waals surface area contributed by atoms with Crippen LogP contribution in [0.1, 0.15) is 10.4 Å². The van der Waals surface area contributed by atoms with Crippen molar-refractivity contribution in [2.75, 3.05) is 6.61 Å². The minimum atomic E-state index is -0.998. The van der Waals surface area contributed by atoms with Gasteiger partial charge in [-0.1, -0.05) is 0 Å². The smallest absolute Gasteiger partial charge is 0.174 e. The van der Waals surface area contributed by atoms with E-state index in [0.717, 1.165) is 6.07 Å². The van der Waals surface area contributed by atoms with E-state index in [4.69, 9.17) is 5.26 Å². The molecule has 5 heteroatoms. The SMILES string of the molecule is N#CCOc1c(F)cc(F)cc1C=O. The van der Waals surface area contributed by atoms with Gasteiger partial charge in [-0.15, -0.1) is 0 Å². The summed E-state index contributed by atoms with van der Waals surface area (Å²) in [4.78, 5) is 10.4. The number of ether oxygens (including phenoxy) is 1. The number of carbonyl (C=O) groups is 1. The van der Waals surface area contributed by atoms with Crippen LogP contribution in [0, 0.1) is 23.0 Å². The highest BCUT2D eigenvalue weighted by Gasteiger charge is 2.11. The molecule has 14 heavy (non-hydrogen) atoms. The van der Waals surface area contributed by atoms with E-state index in [1.54, 1.807) is 6.07 Å². The second kappa shape index (κ2) is 4.33. The number of rotatable bonds is 3. The van der Waals surface area contributed by atoms with E-state index in [9.17, 15) is 13.6 Å². The Labute approximate surface area is 78.5 Å². The number of nitriles is 1. The Kier molecular flexibility index (Phi) is 3.13. The summed E-state index contributed by atoms with van der Waals surface area (Å²) in [7, 11) is 0. The van der Waals surface area contributed by atoms with Crippen LogP contribution in [-0.2, 0) is 0 Å². The average Bonchev–Trinajstić information content (AvgIpc) is 2.15. The number of hydrogen-bond donors (Lipinski definition) is 0. The number of halogens is 2. The van der Waals surface area contributed by atoms with E-state index in [1.807, 2.05) is 0 Å². The van der Waals surface area contributed by atoms with Gasteiger partial charge in [-0.2, -0.15) is 5.26 Å². The highest BCUT2D eigenvalue weighted by molar-refractivity contribution is 5.79. The van der Waals surface area contributed by atoms with Crippen LogP contribution in [0.25, 0.3) is 0 Å². The molecule has 72 valence electrons. The van der Waals surface area contributed by atoms with Gasteiger partial charge < -0.3 is 4.74 Å². The zero-order valence-electron chi connectivity index (χ0n) is 6.96. The Bertz CT molecular complexity index is 399. The summed E-state index contributed by atoms with van der Waals surface area (Å²) in [5, 5.41) is 8.18. The molecular weight excluding hydrogens is 192 g/mol. The number of nitrogens with zero attached hydrogens (tertiary/aromatic N) is 1. The van der Waals surface area contributed by atoms with Crippen molar-refractivity contribution in [3.05, 3.63) is 29.3 Å². The van der Waals surface area contributed by atoms with Crippen molar-refractivity contribution >= 4 is 6.29 Å². The summed E-state index contributed by atoms with van der Waals surface area (Å²) in [6, 6.07) is 3.03. The number of benzene rings is 1. The molecule has 0 aliphatic rings. The minimum Gasteiger partial charge on any atom is -0.475 e. The lowest BCUT2D eigenvalue weighted by Crippen LogP contribution is -2.01. The Morgan fingerprint density at radius 3 is 2.79 bits per heavy atom. The van der Waals surface area contributed by atoms with Crippen molar-refractivity contribution in [2.45, 2.75) is 0 Å². The molecule has 0 N–H and O–H groups in total. The zero-order valence-corrected chi connectivity index (χ0v) is 6.96. The standard InChI is InChI=1S/C9H5F2NO2/c10-7-3-6(5-13)9(8(11)4-7)14-2-1-12/h3-5H,2H2. The highest BCUT2D eigenvalue weighted by atomic mass is 19.1. The summed E-state index contributed by atoms with van der Waals surface area (Å²) in [5.41, 5.74) is -0.252. The maximum Gasteiger partial charge on any atom is 0.174 e. The third-order valence-corrected chi connectivity index (χ3v) is 1.45. The monoisotopic (exact) mass is 197 g/mol. The first-order chi connectivity index (χ1) is 6.69. The molecule has 0 unspecified atom stereocenters. The molecule has 1 aromatic rings. The van der Waals surface area contributed by atoms with Gasteiger partial charge >= 0.3 is 0 Å². The summed E-state index contributed by atoms with van der Waals surface area (Å²) in [6.07, 6.45) is 0.263. The zero-order chi connectivity index (χ0) is 10.6. The second-order valence-electron chi connectivity index (χ2n) is 2.37. The van der Waals surface area contributed by atoms with Crippen LogP contribution in [0.2, 0.25) is 0 Å².